The summed E-state index contributed by atoms with van der Waals surface area (Å²) >= 11 is 0. The standard InChI is InChI=1S/C16H17N3O3/c1-18(2)16(12-4-10-15(22-3)11-5-12)17-13-6-8-14(9-7-13)19(20)21/h4-11H,1-3H3. The molecule has 6 heteroatoms. The van der Waals surface area contributed by atoms with Gasteiger partial charge in [-0.3, -0.25) is 10.1 Å². The fourth-order valence-corrected chi connectivity index (χ4v) is 1.93. The highest BCUT2D eigenvalue weighted by Crippen LogP contribution is 2.20. The van der Waals surface area contributed by atoms with Crippen molar-refractivity contribution in [2.24, 2.45) is 4.99 Å². The molecule has 0 aromatic heterocycles. The van der Waals surface area contributed by atoms with Crippen molar-refractivity contribution in [3.8, 4) is 5.75 Å². The summed E-state index contributed by atoms with van der Waals surface area (Å²) in [6.07, 6.45) is 0. The van der Waals surface area contributed by atoms with Gasteiger partial charge >= 0.3 is 0 Å². The predicted octanol–water partition coefficient (Wildman–Crippen LogP) is 3.24. The number of ether oxygens (including phenoxy) is 1. The van der Waals surface area contributed by atoms with Crippen molar-refractivity contribution in [2.45, 2.75) is 0 Å². The maximum absolute atomic E-state index is 10.7. The lowest BCUT2D eigenvalue weighted by atomic mass is 10.2. The summed E-state index contributed by atoms with van der Waals surface area (Å²) in [5.74, 6) is 1.54. The van der Waals surface area contributed by atoms with E-state index in [9.17, 15) is 10.1 Å². The van der Waals surface area contributed by atoms with Crippen LogP contribution in [-0.4, -0.2) is 36.9 Å². The lowest BCUT2D eigenvalue weighted by Crippen LogP contribution is -2.22. The van der Waals surface area contributed by atoms with Gasteiger partial charge in [-0.05, 0) is 36.4 Å². The average molecular weight is 299 g/mol. The minimum absolute atomic E-state index is 0.0507. The highest BCUT2D eigenvalue weighted by atomic mass is 16.6. The van der Waals surface area contributed by atoms with Crippen LogP contribution in [-0.2, 0) is 0 Å². The number of rotatable bonds is 4. The Labute approximate surface area is 128 Å². The second-order valence-corrected chi connectivity index (χ2v) is 4.83. The molecular formula is C16H17N3O3. The average Bonchev–Trinajstić information content (AvgIpc) is 2.53. The van der Waals surface area contributed by atoms with Gasteiger partial charge in [0.1, 0.15) is 11.6 Å². The number of benzene rings is 2. The first-order valence-electron chi connectivity index (χ1n) is 6.66. The van der Waals surface area contributed by atoms with Crippen LogP contribution in [0, 0.1) is 10.1 Å². The summed E-state index contributed by atoms with van der Waals surface area (Å²) in [6.45, 7) is 0. The number of aliphatic imine (C=N–C) groups is 1. The molecule has 0 bridgehead atoms. The molecule has 22 heavy (non-hydrogen) atoms. The number of hydrogen-bond donors (Lipinski definition) is 0. The molecule has 0 amide bonds. The van der Waals surface area contributed by atoms with Crippen molar-refractivity contribution in [3.05, 3.63) is 64.2 Å². The summed E-state index contributed by atoms with van der Waals surface area (Å²) in [6, 6.07) is 13.7. The zero-order valence-electron chi connectivity index (χ0n) is 12.7. The van der Waals surface area contributed by atoms with Gasteiger partial charge in [0.2, 0.25) is 0 Å². The minimum Gasteiger partial charge on any atom is -0.497 e. The molecule has 0 unspecified atom stereocenters. The van der Waals surface area contributed by atoms with Crippen molar-refractivity contribution in [3.63, 3.8) is 0 Å². The Kier molecular flexibility index (Phi) is 4.73. The first kappa shape index (κ1) is 15.5. The van der Waals surface area contributed by atoms with Crippen LogP contribution in [0.1, 0.15) is 5.56 Å². The molecule has 0 heterocycles. The van der Waals surface area contributed by atoms with Crippen LogP contribution in [0.5, 0.6) is 5.75 Å². The third-order valence-electron chi connectivity index (χ3n) is 3.07. The molecule has 0 aliphatic rings. The monoisotopic (exact) mass is 299 g/mol. The van der Waals surface area contributed by atoms with Crippen molar-refractivity contribution < 1.29 is 9.66 Å². The van der Waals surface area contributed by atoms with E-state index in [1.54, 1.807) is 19.2 Å². The Hall–Kier alpha value is -2.89. The van der Waals surface area contributed by atoms with Gasteiger partial charge in [0, 0.05) is 31.8 Å². The molecule has 6 nitrogen and oxygen atoms in total. The molecule has 0 saturated carbocycles. The number of methoxy groups -OCH3 is 1. The maximum atomic E-state index is 10.7. The van der Waals surface area contributed by atoms with Crippen LogP contribution in [0.15, 0.2) is 53.5 Å². The lowest BCUT2D eigenvalue weighted by molar-refractivity contribution is -0.384. The zero-order valence-corrected chi connectivity index (χ0v) is 12.7. The highest BCUT2D eigenvalue weighted by Gasteiger charge is 2.08. The molecule has 0 radical (unpaired) electrons. The molecule has 0 saturated heterocycles. The second kappa shape index (κ2) is 6.71. The number of non-ortho nitro benzene ring substituents is 1. The molecule has 0 N–H and O–H groups in total. The quantitative estimate of drug-likeness (QED) is 0.376. The molecule has 0 fully saturated rings. The smallest absolute Gasteiger partial charge is 0.269 e. The van der Waals surface area contributed by atoms with E-state index in [1.807, 2.05) is 43.3 Å². The van der Waals surface area contributed by atoms with E-state index < -0.39 is 4.92 Å². The minimum atomic E-state index is -0.427. The Morgan fingerprint density at radius 1 is 1.09 bits per heavy atom. The first-order chi connectivity index (χ1) is 10.5. The summed E-state index contributed by atoms with van der Waals surface area (Å²) in [4.78, 5) is 16.7. The van der Waals surface area contributed by atoms with Crippen molar-refractivity contribution in [2.75, 3.05) is 21.2 Å². The first-order valence-corrected chi connectivity index (χ1v) is 6.66. The molecule has 114 valence electrons. The Morgan fingerprint density at radius 3 is 2.14 bits per heavy atom. The Balaban J connectivity index is 2.35. The summed E-state index contributed by atoms with van der Waals surface area (Å²) < 4.78 is 5.15. The molecule has 2 rings (SSSR count). The van der Waals surface area contributed by atoms with Gasteiger partial charge in [0.05, 0.1) is 17.7 Å². The summed E-state index contributed by atoms with van der Waals surface area (Å²) in [7, 11) is 5.41. The Morgan fingerprint density at radius 2 is 1.68 bits per heavy atom. The largest absolute Gasteiger partial charge is 0.497 e. The predicted molar refractivity (Wildman–Crippen MR) is 86.0 cm³/mol. The van der Waals surface area contributed by atoms with Crippen molar-refractivity contribution in [1.82, 2.24) is 4.90 Å². The van der Waals surface area contributed by atoms with Gasteiger partial charge in [-0.15, -0.1) is 0 Å². The molecule has 0 spiro atoms. The van der Waals surface area contributed by atoms with Gasteiger partial charge in [-0.2, -0.15) is 0 Å². The maximum Gasteiger partial charge on any atom is 0.269 e. The summed E-state index contributed by atoms with van der Waals surface area (Å²) in [5.41, 5.74) is 1.64. The normalized spacial score (nSPS) is 11.1. The molecule has 2 aromatic rings. The number of nitro benzene ring substituents is 1. The fourth-order valence-electron chi connectivity index (χ4n) is 1.93. The molecule has 2 aromatic carbocycles. The highest BCUT2D eigenvalue weighted by molar-refractivity contribution is 6.00. The van der Waals surface area contributed by atoms with Crippen LogP contribution in [0.3, 0.4) is 0 Å². The van der Waals surface area contributed by atoms with E-state index in [2.05, 4.69) is 4.99 Å². The molecule has 0 aliphatic carbocycles. The van der Waals surface area contributed by atoms with Gasteiger partial charge in [0.25, 0.3) is 5.69 Å². The number of nitrogens with zero attached hydrogens (tertiary/aromatic N) is 3. The van der Waals surface area contributed by atoms with Gasteiger partial charge < -0.3 is 9.64 Å². The van der Waals surface area contributed by atoms with Gasteiger partial charge in [-0.1, -0.05) is 0 Å². The van der Waals surface area contributed by atoms with E-state index in [4.69, 9.17) is 4.74 Å². The van der Waals surface area contributed by atoms with Crippen LogP contribution in [0.25, 0.3) is 0 Å². The van der Waals surface area contributed by atoms with Crippen LogP contribution >= 0.6 is 0 Å². The Bertz CT molecular complexity index is 677. The fraction of sp³-hybridized carbons (Fsp3) is 0.188. The van der Waals surface area contributed by atoms with Crippen molar-refractivity contribution in [1.29, 1.82) is 0 Å². The van der Waals surface area contributed by atoms with E-state index in [1.165, 1.54) is 12.1 Å². The molecular weight excluding hydrogens is 282 g/mol. The van der Waals surface area contributed by atoms with Gasteiger partial charge in [-0.25, -0.2) is 4.99 Å². The zero-order chi connectivity index (χ0) is 16.1. The van der Waals surface area contributed by atoms with E-state index >= 15 is 0 Å². The number of nitro groups is 1. The van der Waals surface area contributed by atoms with E-state index in [-0.39, 0.29) is 5.69 Å². The molecule has 0 aliphatic heterocycles. The van der Waals surface area contributed by atoms with Crippen LogP contribution in [0.4, 0.5) is 11.4 Å². The second-order valence-electron chi connectivity index (χ2n) is 4.83. The SMILES string of the molecule is COc1ccc(C(=Nc2ccc([N+](=O)[O-])cc2)N(C)C)cc1. The topological polar surface area (TPSA) is 68.0 Å². The third-order valence-corrected chi connectivity index (χ3v) is 3.07. The summed E-state index contributed by atoms with van der Waals surface area (Å²) in [5, 5.41) is 10.7. The van der Waals surface area contributed by atoms with Gasteiger partial charge in [0.15, 0.2) is 0 Å². The lowest BCUT2D eigenvalue weighted by Gasteiger charge is -2.16. The third kappa shape index (κ3) is 3.60. The number of hydrogen-bond acceptors (Lipinski definition) is 4. The molecule has 0 atom stereocenters. The van der Waals surface area contributed by atoms with Crippen molar-refractivity contribution >= 4 is 17.2 Å². The number of amidine groups is 1. The van der Waals surface area contributed by atoms with Crippen LogP contribution < -0.4 is 4.74 Å². The van der Waals surface area contributed by atoms with E-state index in [0.29, 0.717) is 5.69 Å². The van der Waals surface area contributed by atoms with E-state index in [0.717, 1.165) is 17.1 Å². The van der Waals surface area contributed by atoms with Crippen LogP contribution in [0.2, 0.25) is 0 Å².